The molecule has 0 aromatic carbocycles. The van der Waals surface area contributed by atoms with E-state index in [2.05, 4.69) is 22.3 Å². The molecule has 0 saturated carbocycles. The van der Waals surface area contributed by atoms with Crippen molar-refractivity contribution in [2.45, 2.75) is 6.42 Å². The van der Waals surface area contributed by atoms with Crippen LogP contribution in [0, 0.1) is 5.92 Å². The monoisotopic (exact) mass is 149 g/mol. The van der Waals surface area contributed by atoms with E-state index < -0.39 is 0 Å². The molecule has 3 heteroatoms. The highest BCUT2D eigenvalue weighted by Gasteiger charge is 2.04. The van der Waals surface area contributed by atoms with Gasteiger partial charge in [0.1, 0.15) is 0 Å². The Hall–Kier alpha value is -1.09. The van der Waals surface area contributed by atoms with E-state index in [4.69, 9.17) is 5.73 Å². The fourth-order valence-corrected chi connectivity index (χ4v) is 1.36. The molecule has 1 aliphatic carbocycles. The molecule has 1 aromatic heterocycles. The maximum atomic E-state index is 5.55. The van der Waals surface area contributed by atoms with Gasteiger partial charge in [0.2, 0.25) is 0 Å². The van der Waals surface area contributed by atoms with Crippen molar-refractivity contribution >= 4 is 12.2 Å². The van der Waals surface area contributed by atoms with Crippen LogP contribution < -0.4 is 16.3 Å². The molecule has 1 atom stereocenters. The van der Waals surface area contributed by atoms with Crippen LogP contribution in [0.2, 0.25) is 0 Å². The van der Waals surface area contributed by atoms with Gasteiger partial charge in [-0.1, -0.05) is 12.2 Å². The van der Waals surface area contributed by atoms with E-state index in [0.717, 1.165) is 18.3 Å². The summed E-state index contributed by atoms with van der Waals surface area (Å²) in [5, 5.41) is 9.19. The number of aromatic amines is 1. The topological polar surface area (TPSA) is 54.7 Å². The summed E-state index contributed by atoms with van der Waals surface area (Å²) in [6.45, 7) is 0.723. The van der Waals surface area contributed by atoms with Crippen LogP contribution in [0.25, 0.3) is 12.2 Å². The van der Waals surface area contributed by atoms with Crippen molar-refractivity contribution in [1.82, 2.24) is 10.2 Å². The Morgan fingerprint density at radius 3 is 3.45 bits per heavy atom. The van der Waals surface area contributed by atoms with Crippen molar-refractivity contribution in [3.63, 3.8) is 0 Å². The zero-order chi connectivity index (χ0) is 7.68. The molecule has 0 fully saturated rings. The van der Waals surface area contributed by atoms with Crippen molar-refractivity contribution in [1.29, 1.82) is 0 Å². The average molecular weight is 149 g/mol. The molecular weight excluding hydrogens is 138 g/mol. The average Bonchev–Trinajstić information content (AvgIpc) is 2.50. The van der Waals surface area contributed by atoms with Crippen LogP contribution >= 0.6 is 0 Å². The van der Waals surface area contributed by atoms with Crippen LogP contribution in [0.3, 0.4) is 0 Å². The number of hydrogen-bond acceptors (Lipinski definition) is 2. The van der Waals surface area contributed by atoms with Crippen molar-refractivity contribution in [2.24, 2.45) is 11.7 Å². The molecule has 0 saturated heterocycles. The van der Waals surface area contributed by atoms with Gasteiger partial charge < -0.3 is 5.73 Å². The highest BCUT2D eigenvalue weighted by Crippen LogP contribution is 2.04. The minimum Gasteiger partial charge on any atom is -0.330 e. The summed E-state index contributed by atoms with van der Waals surface area (Å²) in [7, 11) is 0. The zero-order valence-electron chi connectivity index (χ0n) is 6.25. The lowest BCUT2D eigenvalue weighted by Crippen LogP contribution is -2.29. The second-order valence-corrected chi connectivity index (χ2v) is 2.84. The molecule has 0 amide bonds. The molecular formula is C8H11N3. The van der Waals surface area contributed by atoms with Crippen LogP contribution in [0.4, 0.5) is 0 Å². The summed E-state index contributed by atoms with van der Waals surface area (Å²) < 4.78 is 0. The number of aromatic nitrogens is 2. The van der Waals surface area contributed by atoms with Gasteiger partial charge in [-0.25, -0.2) is 0 Å². The van der Waals surface area contributed by atoms with Gasteiger partial charge in [-0.15, -0.1) is 0 Å². The molecule has 0 spiro atoms. The van der Waals surface area contributed by atoms with Crippen LogP contribution in [-0.2, 0) is 0 Å². The summed E-state index contributed by atoms with van der Waals surface area (Å²) >= 11 is 0. The van der Waals surface area contributed by atoms with Gasteiger partial charge in [-0.3, -0.25) is 5.10 Å². The van der Waals surface area contributed by atoms with Crippen LogP contribution in [0.5, 0.6) is 0 Å². The number of hydrogen-bond donors (Lipinski definition) is 2. The Morgan fingerprint density at radius 1 is 1.73 bits per heavy atom. The van der Waals surface area contributed by atoms with Crippen LogP contribution in [-0.4, -0.2) is 16.7 Å². The predicted octanol–water partition coefficient (Wildman–Crippen LogP) is -1.05. The maximum absolute atomic E-state index is 5.55. The highest BCUT2D eigenvalue weighted by molar-refractivity contribution is 5.37. The van der Waals surface area contributed by atoms with E-state index in [9.17, 15) is 0 Å². The first-order chi connectivity index (χ1) is 5.40. The molecule has 1 aromatic rings. The molecule has 3 nitrogen and oxygen atoms in total. The molecule has 1 heterocycles. The summed E-state index contributed by atoms with van der Waals surface area (Å²) in [5.74, 6) is 0.500. The fraction of sp³-hybridized carbons (Fsp3) is 0.375. The van der Waals surface area contributed by atoms with Crippen molar-refractivity contribution in [2.75, 3.05) is 6.54 Å². The molecule has 0 aliphatic heterocycles. The third kappa shape index (κ3) is 1.07. The van der Waals surface area contributed by atoms with Gasteiger partial charge in [0.15, 0.2) is 0 Å². The SMILES string of the molecule is NCC1C=c2cn[nH]c2=CC1. The molecule has 1 aliphatic rings. The fourth-order valence-electron chi connectivity index (χ4n) is 1.36. The second kappa shape index (κ2) is 2.51. The summed E-state index contributed by atoms with van der Waals surface area (Å²) in [6, 6.07) is 0. The molecule has 0 radical (unpaired) electrons. The lowest BCUT2D eigenvalue weighted by molar-refractivity contribution is 0.719. The Bertz CT molecular complexity index is 350. The molecule has 0 bridgehead atoms. The normalized spacial score (nSPS) is 21.7. The highest BCUT2D eigenvalue weighted by atomic mass is 15.1. The number of nitrogens with one attached hydrogen (secondary N) is 1. The van der Waals surface area contributed by atoms with E-state index in [-0.39, 0.29) is 0 Å². The predicted molar refractivity (Wildman–Crippen MR) is 43.9 cm³/mol. The van der Waals surface area contributed by atoms with Gasteiger partial charge in [-0.2, -0.15) is 5.10 Å². The van der Waals surface area contributed by atoms with Gasteiger partial charge in [0.25, 0.3) is 0 Å². The van der Waals surface area contributed by atoms with E-state index in [1.54, 1.807) is 0 Å². The molecule has 2 rings (SSSR count). The Morgan fingerprint density at radius 2 is 2.64 bits per heavy atom. The van der Waals surface area contributed by atoms with E-state index in [0.29, 0.717) is 5.92 Å². The first-order valence-corrected chi connectivity index (χ1v) is 3.81. The lowest BCUT2D eigenvalue weighted by atomic mass is 10.0. The van der Waals surface area contributed by atoms with Crippen molar-refractivity contribution < 1.29 is 0 Å². The summed E-state index contributed by atoms with van der Waals surface area (Å²) in [6.07, 6.45) is 7.21. The largest absolute Gasteiger partial charge is 0.330 e. The van der Waals surface area contributed by atoms with Gasteiger partial charge in [-0.05, 0) is 18.9 Å². The summed E-state index contributed by atoms with van der Waals surface area (Å²) in [5.41, 5.74) is 5.55. The number of rotatable bonds is 1. The van der Waals surface area contributed by atoms with Gasteiger partial charge in [0, 0.05) is 5.22 Å². The van der Waals surface area contributed by atoms with Gasteiger partial charge in [0.05, 0.1) is 11.5 Å². The van der Waals surface area contributed by atoms with E-state index in [1.807, 2.05) is 6.20 Å². The number of nitrogens with zero attached hydrogens (tertiary/aromatic N) is 1. The van der Waals surface area contributed by atoms with Gasteiger partial charge >= 0.3 is 0 Å². The quantitative estimate of drug-likeness (QED) is 0.535. The molecule has 11 heavy (non-hydrogen) atoms. The molecule has 3 N–H and O–H groups in total. The Balaban J connectivity index is 2.53. The lowest BCUT2D eigenvalue weighted by Gasteiger charge is -2.07. The number of nitrogens with two attached hydrogens (primary N) is 1. The maximum Gasteiger partial charge on any atom is 0.0607 e. The summed E-state index contributed by atoms with van der Waals surface area (Å²) in [4.78, 5) is 0. The first-order valence-electron chi connectivity index (χ1n) is 3.81. The third-order valence-corrected chi connectivity index (χ3v) is 2.04. The molecule has 58 valence electrons. The third-order valence-electron chi connectivity index (χ3n) is 2.04. The first kappa shape index (κ1) is 6.61. The number of H-pyrrole nitrogens is 1. The van der Waals surface area contributed by atoms with Crippen molar-refractivity contribution in [3.8, 4) is 0 Å². The van der Waals surface area contributed by atoms with E-state index >= 15 is 0 Å². The Labute approximate surface area is 64.6 Å². The molecule has 1 unspecified atom stereocenters. The minimum atomic E-state index is 0.500. The number of fused-ring (bicyclic) bond motifs is 1. The standard InChI is InChI=1S/C8H11N3/c9-4-6-1-2-8-7(3-6)5-10-11-8/h2-3,5-6,11H,1,4,9H2. The minimum absolute atomic E-state index is 0.500. The zero-order valence-corrected chi connectivity index (χ0v) is 6.25. The Kier molecular flexibility index (Phi) is 1.51. The van der Waals surface area contributed by atoms with E-state index in [1.165, 1.54) is 5.22 Å². The van der Waals surface area contributed by atoms with Crippen LogP contribution in [0.1, 0.15) is 6.42 Å². The second-order valence-electron chi connectivity index (χ2n) is 2.84. The smallest absolute Gasteiger partial charge is 0.0607 e. The van der Waals surface area contributed by atoms with Crippen molar-refractivity contribution in [3.05, 3.63) is 16.8 Å². The van der Waals surface area contributed by atoms with Crippen LogP contribution in [0.15, 0.2) is 6.20 Å².